The third kappa shape index (κ3) is 4.99. The van der Waals surface area contributed by atoms with E-state index < -0.39 is 8.32 Å². The van der Waals surface area contributed by atoms with Gasteiger partial charge in [-0.1, -0.05) is 27.7 Å². The zero-order chi connectivity index (χ0) is 19.4. The van der Waals surface area contributed by atoms with Gasteiger partial charge in [0.15, 0.2) is 8.32 Å². The minimum atomic E-state index is -1.80. The molecule has 0 spiro atoms. The molecule has 9 heteroatoms. The van der Waals surface area contributed by atoms with Crippen LogP contribution in [0, 0.1) is 3.70 Å². The van der Waals surface area contributed by atoms with Gasteiger partial charge < -0.3 is 9.74 Å². The fourth-order valence-corrected chi connectivity index (χ4v) is 4.20. The largest absolute Gasteiger partial charge is 0.415 e. The maximum absolute atomic E-state index is 12.2. The van der Waals surface area contributed by atoms with E-state index in [4.69, 9.17) is 14.0 Å². The summed E-state index contributed by atoms with van der Waals surface area (Å²) in [5.74, 6) is -0.0177. The predicted octanol–water partition coefficient (Wildman–Crippen LogP) is 2.77. The normalized spacial score (nSPS) is 17.1. The molecule has 0 aliphatic carbocycles. The smallest absolute Gasteiger partial charge is 0.373 e. The quantitative estimate of drug-likeness (QED) is 0.530. The lowest BCUT2D eigenvalue weighted by atomic mass is 10.1. The molecule has 1 atom stereocenters. The van der Waals surface area contributed by atoms with E-state index in [1.807, 2.05) is 4.68 Å². The van der Waals surface area contributed by atoms with Crippen molar-refractivity contribution in [2.75, 3.05) is 13.2 Å². The Labute approximate surface area is 163 Å². The molecule has 1 aromatic heterocycles. The molecule has 2 rings (SSSR count). The Balaban J connectivity index is 0.000000970. The molecule has 0 saturated carbocycles. The summed E-state index contributed by atoms with van der Waals surface area (Å²) in [6.45, 7) is 14.5. The SMILES string of the molecule is CCc1c(I)nn2c1C(=O)NCC2CO[Si](C)(C)C(C)(C)C.O=C=O. The molecule has 25 heavy (non-hydrogen) atoms. The van der Waals surface area contributed by atoms with Gasteiger partial charge in [-0.2, -0.15) is 14.7 Å². The number of carbonyl (C=O) groups is 1. The zero-order valence-corrected chi connectivity index (χ0v) is 18.8. The third-order valence-electron chi connectivity index (χ3n) is 4.81. The number of carbonyl (C=O) groups excluding carboxylic acids is 3. The monoisotopic (exact) mass is 479 g/mol. The Kier molecular flexibility index (Phi) is 7.54. The van der Waals surface area contributed by atoms with E-state index >= 15 is 0 Å². The highest BCUT2D eigenvalue weighted by Crippen LogP contribution is 2.37. The van der Waals surface area contributed by atoms with Gasteiger partial charge in [-0.05, 0) is 47.1 Å². The Bertz CT molecular complexity index is 661. The first kappa shape index (κ1) is 22.0. The molecule has 1 aliphatic rings. The fourth-order valence-electron chi connectivity index (χ4n) is 2.29. The average molecular weight is 479 g/mol. The number of nitrogens with zero attached hydrogens (tertiary/aromatic N) is 2. The summed E-state index contributed by atoms with van der Waals surface area (Å²) in [4.78, 5) is 28.4. The van der Waals surface area contributed by atoms with Gasteiger partial charge in [-0.3, -0.25) is 9.48 Å². The Morgan fingerprint density at radius 3 is 2.44 bits per heavy atom. The van der Waals surface area contributed by atoms with Gasteiger partial charge in [0, 0.05) is 12.1 Å². The van der Waals surface area contributed by atoms with E-state index in [2.05, 4.69) is 73.8 Å². The summed E-state index contributed by atoms with van der Waals surface area (Å²) in [5, 5.41) is 7.76. The molecule has 0 radical (unpaired) electrons. The first-order valence-electron chi connectivity index (χ1n) is 8.18. The van der Waals surface area contributed by atoms with Crippen molar-refractivity contribution in [2.24, 2.45) is 0 Å². The maximum Gasteiger partial charge on any atom is 0.373 e. The summed E-state index contributed by atoms with van der Waals surface area (Å²) >= 11 is 2.21. The Morgan fingerprint density at radius 1 is 1.40 bits per heavy atom. The lowest BCUT2D eigenvalue weighted by Gasteiger charge is -2.38. The lowest BCUT2D eigenvalue weighted by Crippen LogP contribution is -2.46. The summed E-state index contributed by atoms with van der Waals surface area (Å²) in [6.07, 6.45) is 1.07. The van der Waals surface area contributed by atoms with Crippen LogP contribution in [0.2, 0.25) is 18.1 Å². The van der Waals surface area contributed by atoms with Gasteiger partial charge in [0.2, 0.25) is 0 Å². The van der Waals surface area contributed by atoms with Crippen LogP contribution in [0.4, 0.5) is 0 Å². The molecule has 1 aromatic rings. The first-order valence-corrected chi connectivity index (χ1v) is 12.2. The Morgan fingerprint density at radius 2 is 1.96 bits per heavy atom. The van der Waals surface area contributed by atoms with Crippen molar-refractivity contribution in [3.63, 3.8) is 0 Å². The highest BCUT2D eigenvalue weighted by molar-refractivity contribution is 14.1. The van der Waals surface area contributed by atoms with Gasteiger partial charge in [0.25, 0.3) is 5.91 Å². The molecular weight excluding hydrogens is 453 g/mol. The second-order valence-corrected chi connectivity index (χ2v) is 13.3. The number of nitrogens with one attached hydrogen (secondary N) is 1. The van der Waals surface area contributed by atoms with E-state index in [1.54, 1.807) is 0 Å². The van der Waals surface area contributed by atoms with E-state index in [-0.39, 0.29) is 23.1 Å². The summed E-state index contributed by atoms with van der Waals surface area (Å²) in [7, 11) is -1.80. The van der Waals surface area contributed by atoms with Crippen LogP contribution >= 0.6 is 22.6 Å². The molecule has 0 aromatic carbocycles. The second-order valence-electron chi connectivity index (χ2n) is 7.43. The molecule has 0 saturated heterocycles. The summed E-state index contributed by atoms with van der Waals surface area (Å²) in [5.41, 5.74) is 1.75. The zero-order valence-electron chi connectivity index (χ0n) is 15.6. The van der Waals surface area contributed by atoms with Crippen molar-refractivity contribution in [2.45, 2.75) is 58.3 Å². The van der Waals surface area contributed by atoms with Gasteiger partial charge in [0.05, 0.1) is 12.6 Å². The number of amides is 1. The van der Waals surface area contributed by atoms with Gasteiger partial charge in [-0.25, -0.2) is 0 Å². The highest BCUT2D eigenvalue weighted by atomic mass is 127. The molecule has 2 heterocycles. The van der Waals surface area contributed by atoms with Crippen molar-refractivity contribution in [1.29, 1.82) is 0 Å². The standard InChI is InChI=1S/C15H26IN3O2Si.CO2/c1-7-11-12-14(20)17-8-10(19(12)18-13(11)16)9-21-22(5,6)15(2,3)4;2-1-3/h10H,7-9H2,1-6H3,(H,17,20);. The van der Waals surface area contributed by atoms with Crippen LogP contribution in [-0.2, 0) is 20.4 Å². The number of hydrogen-bond donors (Lipinski definition) is 1. The highest BCUT2D eigenvalue weighted by Gasteiger charge is 2.39. The van der Waals surface area contributed by atoms with Crippen LogP contribution in [0.3, 0.4) is 0 Å². The molecule has 0 fully saturated rings. The minimum absolute atomic E-state index is 0.0177. The van der Waals surface area contributed by atoms with E-state index in [0.29, 0.717) is 18.8 Å². The number of rotatable bonds is 4. The van der Waals surface area contributed by atoms with Gasteiger partial charge in [-0.15, -0.1) is 0 Å². The average Bonchev–Trinajstić information content (AvgIpc) is 2.83. The Hall–Kier alpha value is -1.03. The van der Waals surface area contributed by atoms with Crippen molar-refractivity contribution >= 4 is 43.0 Å². The summed E-state index contributed by atoms with van der Waals surface area (Å²) in [6, 6.07) is 0.0793. The number of aromatic nitrogens is 2. The molecule has 140 valence electrons. The van der Waals surface area contributed by atoms with Crippen LogP contribution in [0.25, 0.3) is 0 Å². The predicted molar refractivity (Wildman–Crippen MR) is 104 cm³/mol. The van der Waals surface area contributed by atoms with Gasteiger partial charge >= 0.3 is 6.15 Å². The topological polar surface area (TPSA) is 90.3 Å². The molecule has 7 nitrogen and oxygen atoms in total. The number of hydrogen-bond acceptors (Lipinski definition) is 5. The van der Waals surface area contributed by atoms with Crippen LogP contribution in [0.5, 0.6) is 0 Å². The second kappa shape index (κ2) is 8.57. The number of halogens is 1. The van der Waals surface area contributed by atoms with Crippen molar-refractivity contribution in [3.05, 3.63) is 15.0 Å². The molecule has 1 N–H and O–H groups in total. The molecule has 0 bridgehead atoms. The van der Waals surface area contributed by atoms with E-state index in [1.165, 1.54) is 0 Å². The van der Waals surface area contributed by atoms with Crippen molar-refractivity contribution in [1.82, 2.24) is 15.1 Å². The first-order chi connectivity index (χ1) is 11.5. The van der Waals surface area contributed by atoms with Crippen molar-refractivity contribution in [3.8, 4) is 0 Å². The molecular formula is C16H26IN3O4Si. The fraction of sp³-hybridized carbons (Fsp3) is 0.688. The van der Waals surface area contributed by atoms with Crippen LogP contribution in [0.1, 0.15) is 49.8 Å². The number of fused-ring (bicyclic) bond motifs is 1. The van der Waals surface area contributed by atoms with E-state index in [9.17, 15) is 4.79 Å². The van der Waals surface area contributed by atoms with Gasteiger partial charge in [0.1, 0.15) is 9.39 Å². The third-order valence-corrected chi connectivity index (χ3v) is 10.2. The molecule has 1 unspecified atom stereocenters. The maximum atomic E-state index is 12.2. The van der Waals surface area contributed by atoms with E-state index in [0.717, 1.165) is 15.7 Å². The van der Waals surface area contributed by atoms with Crippen LogP contribution in [-0.4, -0.2) is 43.3 Å². The minimum Gasteiger partial charge on any atom is -0.415 e. The van der Waals surface area contributed by atoms with Crippen LogP contribution in [0.15, 0.2) is 0 Å². The molecule has 1 amide bonds. The molecule has 1 aliphatic heterocycles. The lowest BCUT2D eigenvalue weighted by molar-refractivity contribution is -0.191. The van der Waals surface area contributed by atoms with Crippen LogP contribution < -0.4 is 5.32 Å². The van der Waals surface area contributed by atoms with Crippen molar-refractivity contribution < 1.29 is 18.8 Å². The summed E-state index contributed by atoms with van der Waals surface area (Å²) < 4.78 is 9.13.